The van der Waals surface area contributed by atoms with Crippen LogP contribution in [0.1, 0.15) is 24.8 Å². The number of nitrogens with zero attached hydrogens (tertiary/aromatic N) is 1. The van der Waals surface area contributed by atoms with Crippen molar-refractivity contribution in [2.24, 2.45) is 0 Å². The molecule has 0 aliphatic heterocycles. The first-order valence-electron chi connectivity index (χ1n) is 5.84. The Morgan fingerprint density at radius 3 is 2.88 bits per heavy atom. The van der Waals surface area contributed by atoms with Gasteiger partial charge in [-0.3, -0.25) is 10.1 Å². The van der Waals surface area contributed by atoms with Crippen molar-refractivity contribution in [3.05, 3.63) is 46.0 Å². The lowest BCUT2D eigenvalue weighted by atomic mass is 10.0. The van der Waals surface area contributed by atoms with Gasteiger partial charge >= 0.3 is 0 Å². The summed E-state index contributed by atoms with van der Waals surface area (Å²) in [7, 11) is 0. The number of nitro groups is 1. The Hall–Kier alpha value is -1.84. The zero-order valence-electron chi connectivity index (χ0n) is 9.85. The molecule has 4 heteroatoms. The smallest absolute Gasteiger partial charge is 0.295 e. The van der Waals surface area contributed by atoms with Crippen LogP contribution in [0.2, 0.25) is 0 Å². The minimum absolute atomic E-state index is 0.196. The molecule has 0 bridgehead atoms. The topological polar surface area (TPSA) is 55.2 Å². The van der Waals surface area contributed by atoms with Gasteiger partial charge in [-0.25, -0.2) is 0 Å². The van der Waals surface area contributed by atoms with Gasteiger partial charge in [-0.2, -0.15) is 0 Å². The highest BCUT2D eigenvalue weighted by Crippen LogP contribution is 2.29. The van der Waals surface area contributed by atoms with Crippen molar-refractivity contribution < 1.29 is 4.92 Å². The molecule has 1 N–H and O–H groups in total. The van der Waals surface area contributed by atoms with Gasteiger partial charge in [-0.1, -0.05) is 24.3 Å². The van der Waals surface area contributed by atoms with Crippen molar-refractivity contribution in [1.82, 2.24) is 0 Å². The molecule has 0 saturated heterocycles. The number of nitrogens with one attached hydrogen (secondary N) is 1. The Labute approximate surface area is 100 Å². The van der Waals surface area contributed by atoms with Crippen molar-refractivity contribution >= 4 is 11.4 Å². The zero-order valence-corrected chi connectivity index (χ0v) is 9.85. The Bertz CT molecular complexity index is 455. The number of hydrogen-bond acceptors (Lipinski definition) is 3. The third kappa shape index (κ3) is 2.64. The lowest BCUT2D eigenvalue weighted by Gasteiger charge is -2.20. The van der Waals surface area contributed by atoms with Crippen LogP contribution in [0.3, 0.4) is 0 Å². The number of anilines is 1. The van der Waals surface area contributed by atoms with E-state index in [4.69, 9.17) is 0 Å². The summed E-state index contributed by atoms with van der Waals surface area (Å²) < 4.78 is 0. The van der Waals surface area contributed by atoms with Crippen LogP contribution in [0.15, 0.2) is 30.4 Å². The number of para-hydroxylation sites is 1. The molecule has 1 aliphatic rings. The maximum Gasteiger partial charge on any atom is 0.295 e. The predicted molar refractivity (Wildman–Crippen MR) is 68.2 cm³/mol. The van der Waals surface area contributed by atoms with Gasteiger partial charge in [0.1, 0.15) is 5.69 Å². The minimum atomic E-state index is -0.309. The fourth-order valence-corrected chi connectivity index (χ4v) is 2.16. The predicted octanol–water partition coefficient (Wildman–Crippen LogP) is 3.42. The number of aryl methyl sites for hydroxylation is 1. The van der Waals surface area contributed by atoms with Crippen molar-refractivity contribution in [2.45, 2.75) is 32.2 Å². The summed E-state index contributed by atoms with van der Waals surface area (Å²) >= 11 is 0. The standard InChI is InChI=1S/C13H16N2O2/c1-10-6-5-9-12(13(10)15(16)17)14-11-7-3-2-4-8-11/h2-3,5-6,9,11,14H,4,7-8H2,1H3. The molecule has 1 aromatic carbocycles. The molecule has 0 amide bonds. The van der Waals surface area contributed by atoms with Crippen LogP contribution in [-0.2, 0) is 0 Å². The normalized spacial score (nSPS) is 19.0. The van der Waals surface area contributed by atoms with Crippen molar-refractivity contribution in [3.8, 4) is 0 Å². The van der Waals surface area contributed by atoms with Crippen LogP contribution in [0.25, 0.3) is 0 Å². The van der Waals surface area contributed by atoms with E-state index < -0.39 is 0 Å². The lowest BCUT2D eigenvalue weighted by Crippen LogP contribution is -2.21. The highest BCUT2D eigenvalue weighted by molar-refractivity contribution is 5.65. The number of nitro benzene ring substituents is 1. The zero-order chi connectivity index (χ0) is 12.3. The Morgan fingerprint density at radius 1 is 1.41 bits per heavy atom. The molecule has 1 unspecified atom stereocenters. The van der Waals surface area contributed by atoms with E-state index in [1.54, 1.807) is 19.1 Å². The van der Waals surface area contributed by atoms with Gasteiger partial charge in [-0.15, -0.1) is 0 Å². The van der Waals surface area contributed by atoms with E-state index in [-0.39, 0.29) is 10.6 Å². The molecule has 1 aromatic rings. The second kappa shape index (κ2) is 4.99. The van der Waals surface area contributed by atoms with Gasteiger partial charge in [0.15, 0.2) is 0 Å². The van der Waals surface area contributed by atoms with Crippen LogP contribution in [-0.4, -0.2) is 11.0 Å². The average molecular weight is 232 g/mol. The molecule has 1 aliphatic carbocycles. The van der Waals surface area contributed by atoms with E-state index in [2.05, 4.69) is 17.5 Å². The summed E-state index contributed by atoms with van der Waals surface area (Å²) in [4.78, 5) is 10.7. The number of rotatable bonds is 3. The summed E-state index contributed by atoms with van der Waals surface area (Å²) in [6, 6.07) is 5.71. The maximum atomic E-state index is 11.0. The molecule has 0 heterocycles. The average Bonchev–Trinajstić information content (AvgIpc) is 2.30. The Balaban J connectivity index is 2.23. The molecule has 0 saturated carbocycles. The quantitative estimate of drug-likeness (QED) is 0.493. The van der Waals surface area contributed by atoms with Crippen LogP contribution in [0.4, 0.5) is 11.4 Å². The number of benzene rings is 1. The highest BCUT2D eigenvalue weighted by Gasteiger charge is 2.19. The SMILES string of the molecule is Cc1cccc(NC2CC=CCC2)c1[N+](=O)[O-]. The molecule has 0 aromatic heterocycles. The molecule has 1 atom stereocenters. The summed E-state index contributed by atoms with van der Waals surface area (Å²) in [6.07, 6.45) is 7.29. The molecule has 0 spiro atoms. The highest BCUT2D eigenvalue weighted by atomic mass is 16.6. The van der Waals surface area contributed by atoms with Crippen molar-refractivity contribution in [3.63, 3.8) is 0 Å². The van der Waals surface area contributed by atoms with E-state index >= 15 is 0 Å². The fourth-order valence-electron chi connectivity index (χ4n) is 2.16. The molecule has 17 heavy (non-hydrogen) atoms. The Kier molecular flexibility index (Phi) is 3.42. The molecule has 2 rings (SSSR count). The fraction of sp³-hybridized carbons (Fsp3) is 0.385. The van der Waals surface area contributed by atoms with Crippen LogP contribution in [0.5, 0.6) is 0 Å². The molecule has 0 fully saturated rings. The largest absolute Gasteiger partial charge is 0.376 e. The van der Waals surface area contributed by atoms with E-state index in [1.807, 2.05) is 6.07 Å². The second-order valence-electron chi connectivity index (χ2n) is 4.35. The summed E-state index contributed by atoms with van der Waals surface area (Å²) in [5.74, 6) is 0. The summed E-state index contributed by atoms with van der Waals surface area (Å²) in [5.41, 5.74) is 1.53. The second-order valence-corrected chi connectivity index (χ2v) is 4.35. The van der Waals surface area contributed by atoms with Gasteiger partial charge in [0.25, 0.3) is 5.69 Å². The van der Waals surface area contributed by atoms with Crippen LogP contribution in [0, 0.1) is 17.0 Å². The van der Waals surface area contributed by atoms with Gasteiger partial charge in [-0.05, 0) is 32.3 Å². The third-order valence-corrected chi connectivity index (χ3v) is 3.05. The monoisotopic (exact) mass is 232 g/mol. The molecule has 0 radical (unpaired) electrons. The number of hydrogen-bond donors (Lipinski definition) is 1. The summed E-state index contributed by atoms with van der Waals surface area (Å²) in [6.45, 7) is 1.77. The van der Waals surface area contributed by atoms with Gasteiger partial charge in [0.2, 0.25) is 0 Å². The van der Waals surface area contributed by atoms with Gasteiger partial charge < -0.3 is 5.32 Å². The minimum Gasteiger partial charge on any atom is -0.376 e. The van der Waals surface area contributed by atoms with E-state index in [0.29, 0.717) is 17.3 Å². The van der Waals surface area contributed by atoms with E-state index in [1.165, 1.54) is 0 Å². The van der Waals surface area contributed by atoms with Gasteiger partial charge in [0.05, 0.1) is 4.92 Å². The van der Waals surface area contributed by atoms with Crippen LogP contribution < -0.4 is 5.32 Å². The van der Waals surface area contributed by atoms with Crippen LogP contribution >= 0.6 is 0 Å². The summed E-state index contributed by atoms with van der Waals surface area (Å²) in [5, 5.41) is 14.3. The van der Waals surface area contributed by atoms with E-state index in [0.717, 1.165) is 19.3 Å². The van der Waals surface area contributed by atoms with Crippen molar-refractivity contribution in [2.75, 3.05) is 5.32 Å². The van der Waals surface area contributed by atoms with E-state index in [9.17, 15) is 10.1 Å². The first-order valence-corrected chi connectivity index (χ1v) is 5.84. The van der Waals surface area contributed by atoms with Gasteiger partial charge in [0, 0.05) is 11.6 Å². The van der Waals surface area contributed by atoms with Crippen molar-refractivity contribution in [1.29, 1.82) is 0 Å². The first kappa shape index (κ1) is 11.6. The molecular formula is C13H16N2O2. The molecule has 90 valence electrons. The third-order valence-electron chi connectivity index (χ3n) is 3.05. The maximum absolute atomic E-state index is 11.0. The lowest BCUT2D eigenvalue weighted by molar-refractivity contribution is -0.384. The number of allylic oxidation sites excluding steroid dienone is 1. The molecular weight excluding hydrogens is 216 g/mol. The molecule has 4 nitrogen and oxygen atoms in total. The first-order chi connectivity index (χ1) is 8.18. The Morgan fingerprint density at radius 2 is 2.24 bits per heavy atom.